The molecule has 0 spiro atoms. The summed E-state index contributed by atoms with van der Waals surface area (Å²) in [6.07, 6.45) is 9.63. The summed E-state index contributed by atoms with van der Waals surface area (Å²) in [6.45, 7) is 5.58. The fraction of sp³-hybridized carbons (Fsp3) is 0.895. The third kappa shape index (κ3) is 10.5. The number of unbranched alkanes of at least 4 members (excludes halogenated alkanes) is 3. The minimum Gasteiger partial charge on any atom is -0.469 e. The summed E-state index contributed by atoms with van der Waals surface area (Å²) >= 11 is 0. The van der Waals surface area contributed by atoms with Crippen molar-refractivity contribution in [1.29, 1.82) is 0 Å². The summed E-state index contributed by atoms with van der Waals surface area (Å²) in [6, 6.07) is 0. The highest BCUT2D eigenvalue weighted by Gasteiger charge is 2.36. The van der Waals surface area contributed by atoms with Gasteiger partial charge < -0.3 is 20.1 Å². The molecule has 0 aromatic carbocycles. The second-order valence-electron chi connectivity index (χ2n) is 6.96. The van der Waals surface area contributed by atoms with E-state index in [4.69, 9.17) is 9.73 Å². The number of esters is 1. The summed E-state index contributed by atoms with van der Waals surface area (Å²) in [7, 11) is 3.21. The van der Waals surface area contributed by atoms with Gasteiger partial charge in [0.1, 0.15) is 0 Å². The van der Waals surface area contributed by atoms with Crippen LogP contribution in [0.2, 0.25) is 0 Å². The number of ether oxygens (including phenoxy) is 2. The molecule has 7 heteroatoms. The van der Waals surface area contributed by atoms with Gasteiger partial charge in [-0.15, -0.1) is 24.0 Å². The van der Waals surface area contributed by atoms with Crippen molar-refractivity contribution in [3.63, 3.8) is 0 Å². The number of aliphatic imine (C=N–C) groups is 1. The van der Waals surface area contributed by atoms with Crippen molar-refractivity contribution in [2.45, 2.75) is 64.7 Å². The van der Waals surface area contributed by atoms with Gasteiger partial charge in [0.15, 0.2) is 5.96 Å². The van der Waals surface area contributed by atoms with Crippen LogP contribution in [0.3, 0.4) is 0 Å². The van der Waals surface area contributed by atoms with Crippen molar-refractivity contribution in [3.8, 4) is 0 Å². The number of nitrogens with zero attached hydrogens (tertiary/aromatic N) is 1. The van der Waals surface area contributed by atoms with Gasteiger partial charge in [-0.2, -0.15) is 0 Å². The molecular weight excluding hydrogens is 445 g/mol. The van der Waals surface area contributed by atoms with Gasteiger partial charge in [-0.1, -0.05) is 19.3 Å². The summed E-state index contributed by atoms with van der Waals surface area (Å²) in [5.41, 5.74) is 0.353. The predicted octanol–water partition coefficient (Wildman–Crippen LogP) is 3.49. The number of hydrogen-bond acceptors (Lipinski definition) is 4. The van der Waals surface area contributed by atoms with E-state index in [0.29, 0.717) is 11.8 Å². The largest absolute Gasteiger partial charge is 0.469 e. The molecule has 1 fully saturated rings. The van der Waals surface area contributed by atoms with Crippen LogP contribution in [0.15, 0.2) is 4.99 Å². The van der Waals surface area contributed by atoms with E-state index < -0.39 is 0 Å². The number of rotatable bonds is 13. The zero-order valence-electron chi connectivity index (χ0n) is 16.8. The van der Waals surface area contributed by atoms with Gasteiger partial charge in [0.25, 0.3) is 0 Å². The molecule has 6 nitrogen and oxygen atoms in total. The molecule has 0 unspecified atom stereocenters. The lowest BCUT2D eigenvalue weighted by molar-refractivity contribution is -0.140. The van der Waals surface area contributed by atoms with Crippen molar-refractivity contribution in [2.75, 3.05) is 40.5 Å². The van der Waals surface area contributed by atoms with E-state index in [9.17, 15) is 4.79 Å². The minimum absolute atomic E-state index is 0. The minimum atomic E-state index is -0.113. The van der Waals surface area contributed by atoms with Gasteiger partial charge in [0, 0.05) is 39.8 Å². The number of nitrogens with one attached hydrogen (secondary N) is 2. The molecule has 0 heterocycles. The SMILES string of the molecule is CCNC(=NCC1(CCOC)CCC1)NCCCCCCC(=O)OC.I. The fourth-order valence-corrected chi connectivity index (χ4v) is 3.13. The van der Waals surface area contributed by atoms with Crippen molar-refractivity contribution in [2.24, 2.45) is 10.4 Å². The van der Waals surface area contributed by atoms with Gasteiger partial charge in [-0.3, -0.25) is 9.79 Å². The molecule has 0 saturated heterocycles. The monoisotopic (exact) mass is 483 g/mol. The number of carbonyl (C=O) groups is 1. The first-order valence-electron chi connectivity index (χ1n) is 9.74. The number of guanidine groups is 1. The molecule has 154 valence electrons. The molecule has 1 aliphatic rings. The van der Waals surface area contributed by atoms with Crippen LogP contribution < -0.4 is 10.6 Å². The Labute approximate surface area is 176 Å². The number of carbonyl (C=O) groups excluding carboxylic acids is 1. The van der Waals surface area contributed by atoms with Crippen molar-refractivity contribution < 1.29 is 14.3 Å². The van der Waals surface area contributed by atoms with E-state index in [1.165, 1.54) is 26.4 Å². The Hall–Kier alpha value is -0.570. The highest BCUT2D eigenvalue weighted by Crippen LogP contribution is 2.44. The van der Waals surface area contributed by atoms with E-state index >= 15 is 0 Å². The van der Waals surface area contributed by atoms with E-state index in [0.717, 1.165) is 64.3 Å². The molecule has 0 aromatic heterocycles. The van der Waals surface area contributed by atoms with Crippen LogP contribution in [0.1, 0.15) is 64.7 Å². The Morgan fingerprint density at radius 3 is 2.42 bits per heavy atom. The summed E-state index contributed by atoms with van der Waals surface area (Å²) in [4.78, 5) is 15.9. The standard InChI is InChI=1S/C19H37N3O3.HI/c1-4-20-18(21-14-8-6-5-7-10-17(23)25-3)22-16-19(11-9-12-19)13-15-24-2;/h4-16H2,1-3H3,(H2,20,21,22);1H. The van der Waals surface area contributed by atoms with Gasteiger partial charge in [-0.25, -0.2) is 0 Å². The van der Waals surface area contributed by atoms with Crippen LogP contribution in [-0.2, 0) is 14.3 Å². The van der Waals surface area contributed by atoms with Gasteiger partial charge in [-0.05, 0) is 44.4 Å². The topological polar surface area (TPSA) is 72.0 Å². The Morgan fingerprint density at radius 1 is 1.12 bits per heavy atom. The van der Waals surface area contributed by atoms with Gasteiger partial charge >= 0.3 is 5.97 Å². The zero-order chi connectivity index (χ0) is 18.4. The van der Waals surface area contributed by atoms with Crippen LogP contribution in [0.25, 0.3) is 0 Å². The average molecular weight is 483 g/mol. The summed E-state index contributed by atoms with van der Waals surface area (Å²) in [5.74, 6) is 0.804. The first-order chi connectivity index (χ1) is 12.2. The highest BCUT2D eigenvalue weighted by molar-refractivity contribution is 14.0. The lowest BCUT2D eigenvalue weighted by Gasteiger charge is -2.40. The highest BCUT2D eigenvalue weighted by atomic mass is 127. The molecule has 0 radical (unpaired) electrons. The molecule has 26 heavy (non-hydrogen) atoms. The molecule has 0 atom stereocenters. The molecule has 1 saturated carbocycles. The third-order valence-electron chi connectivity index (χ3n) is 5.00. The van der Waals surface area contributed by atoms with Gasteiger partial charge in [0.05, 0.1) is 7.11 Å². The average Bonchev–Trinajstić information content (AvgIpc) is 2.59. The van der Waals surface area contributed by atoms with E-state index in [2.05, 4.69) is 22.3 Å². The van der Waals surface area contributed by atoms with Crippen molar-refractivity contribution in [3.05, 3.63) is 0 Å². The maximum atomic E-state index is 11.0. The molecule has 0 aromatic rings. The van der Waals surface area contributed by atoms with Crippen molar-refractivity contribution >= 4 is 35.9 Å². The third-order valence-corrected chi connectivity index (χ3v) is 5.00. The number of hydrogen-bond donors (Lipinski definition) is 2. The normalized spacial score (nSPS) is 15.6. The zero-order valence-corrected chi connectivity index (χ0v) is 19.1. The molecule has 0 amide bonds. The second-order valence-corrected chi connectivity index (χ2v) is 6.96. The van der Waals surface area contributed by atoms with Crippen LogP contribution in [0, 0.1) is 5.41 Å². The molecule has 0 aliphatic heterocycles. The summed E-state index contributed by atoms with van der Waals surface area (Å²) < 4.78 is 9.90. The molecule has 1 rings (SSSR count). The molecular formula is C19H38IN3O3. The van der Waals surface area contributed by atoms with Crippen LogP contribution >= 0.6 is 24.0 Å². The molecule has 1 aliphatic carbocycles. The maximum absolute atomic E-state index is 11.0. The number of methoxy groups -OCH3 is 2. The Morgan fingerprint density at radius 2 is 1.85 bits per heavy atom. The smallest absolute Gasteiger partial charge is 0.305 e. The van der Waals surface area contributed by atoms with E-state index in [-0.39, 0.29) is 29.9 Å². The second kappa shape index (κ2) is 15.5. The maximum Gasteiger partial charge on any atom is 0.305 e. The van der Waals surface area contributed by atoms with Crippen LogP contribution in [0.4, 0.5) is 0 Å². The van der Waals surface area contributed by atoms with E-state index in [1.54, 1.807) is 7.11 Å². The lowest BCUT2D eigenvalue weighted by Crippen LogP contribution is -2.40. The summed E-state index contributed by atoms with van der Waals surface area (Å²) in [5, 5.41) is 6.75. The predicted molar refractivity (Wildman–Crippen MR) is 117 cm³/mol. The Balaban J connectivity index is 0.00000625. The Bertz CT molecular complexity index is 401. The number of halogens is 1. The molecule has 0 bridgehead atoms. The quantitative estimate of drug-likeness (QED) is 0.138. The lowest BCUT2D eigenvalue weighted by atomic mass is 9.67. The first-order valence-corrected chi connectivity index (χ1v) is 9.74. The Kier molecular flexibility index (Phi) is 15.1. The van der Waals surface area contributed by atoms with Crippen LogP contribution in [-0.4, -0.2) is 52.4 Å². The van der Waals surface area contributed by atoms with Gasteiger partial charge in [0.2, 0.25) is 0 Å². The van der Waals surface area contributed by atoms with Crippen LogP contribution in [0.5, 0.6) is 0 Å². The fourth-order valence-electron chi connectivity index (χ4n) is 3.13. The van der Waals surface area contributed by atoms with Crippen molar-refractivity contribution in [1.82, 2.24) is 10.6 Å². The molecule has 2 N–H and O–H groups in total. The van der Waals surface area contributed by atoms with E-state index in [1.807, 2.05) is 0 Å². The first kappa shape index (κ1) is 25.4.